The summed E-state index contributed by atoms with van der Waals surface area (Å²) in [6.45, 7) is 0. The van der Waals surface area contributed by atoms with Crippen LogP contribution in [0.5, 0.6) is 0 Å². The van der Waals surface area contributed by atoms with E-state index < -0.39 is 42.0 Å². The van der Waals surface area contributed by atoms with Crippen molar-refractivity contribution in [1.29, 1.82) is 0 Å². The molecule has 0 saturated heterocycles. The molecule has 3 rings (SSSR count). The van der Waals surface area contributed by atoms with Gasteiger partial charge in [0, 0.05) is 12.0 Å². The Labute approximate surface area is 132 Å². The number of hydrogen-bond acceptors (Lipinski definition) is 3. The number of anilines is 2. The molecular weight excluding hydrogens is 282 g/mol. The van der Waals surface area contributed by atoms with Gasteiger partial charge in [0.25, 0.3) is 0 Å². The van der Waals surface area contributed by atoms with Crippen LogP contribution in [0.3, 0.4) is 0 Å². The SMILES string of the molecule is [2H]c1c([2H])c([2H])c2c(c1[2H])CC(=O)c1ccccc1N2C(=O)NC(N)=O. The standard InChI is InChI=1S/C16H13N3O3/c17-15(21)18-16(22)19-12-7-3-1-5-10(12)9-14(20)11-6-2-4-8-13(11)19/h1-8H,9H2,(H3,17,18,21,22)/i1D,3D,5D,7D. The van der Waals surface area contributed by atoms with Gasteiger partial charge in [-0.05, 0) is 23.7 Å². The number of para-hydroxylation sites is 2. The fourth-order valence-corrected chi connectivity index (χ4v) is 2.30. The average molecular weight is 299 g/mol. The van der Waals surface area contributed by atoms with Gasteiger partial charge in [-0.25, -0.2) is 9.59 Å². The van der Waals surface area contributed by atoms with Crippen LogP contribution in [-0.2, 0) is 6.42 Å². The van der Waals surface area contributed by atoms with Gasteiger partial charge in [-0.15, -0.1) is 0 Å². The lowest BCUT2D eigenvalue weighted by Crippen LogP contribution is -2.43. The Bertz CT molecular complexity index is 978. The van der Waals surface area contributed by atoms with Crippen molar-refractivity contribution < 1.29 is 19.9 Å². The molecule has 0 fully saturated rings. The van der Waals surface area contributed by atoms with E-state index in [1.807, 2.05) is 5.32 Å². The van der Waals surface area contributed by atoms with Crippen molar-refractivity contribution in [3.05, 3.63) is 59.6 Å². The van der Waals surface area contributed by atoms with Gasteiger partial charge in [0.2, 0.25) is 0 Å². The number of hydrogen-bond donors (Lipinski definition) is 2. The van der Waals surface area contributed by atoms with Crippen LogP contribution in [0.25, 0.3) is 0 Å². The summed E-state index contributed by atoms with van der Waals surface area (Å²) >= 11 is 0. The fourth-order valence-electron chi connectivity index (χ4n) is 2.30. The predicted molar refractivity (Wildman–Crippen MR) is 81.2 cm³/mol. The van der Waals surface area contributed by atoms with E-state index in [-0.39, 0.29) is 28.9 Å². The molecule has 6 heteroatoms. The van der Waals surface area contributed by atoms with E-state index >= 15 is 0 Å². The highest BCUT2D eigenvalue weighted by molar-refractivity contribution is 6.14. The number of Topliss-reactive ketones (excluding diaryl/α,β-unsaturated/α-hetero) is 1. The Kier molecular flexibility index (Phi) is 2.35. The third kappa shape index (κ3) is 2.31. The molecule has 0 unspecified atom stereocenters. The quantitative estimate of drug-likeness (QED) is 0.782. The molecule has 6 nitrogen and oxygen atoms in total. The zero-order valence-corrected chi connectivity index (χ0v) is 11.3. The van der Waals surface area contributed by atoms with Crippen LogP contribution in [-0.4, -0.2) is 17.8 Å². The van der Waals surface area contributed by atoms with E-state index in [4.69, 9.17) is 11.2 Å². The summed E-state index contributed by atoms with van der Waals surface area (Å²) in [4.78, 5) is 37.3. The molecule has 0 saturated carbocycles. The number of amides is 4. The summed E-state index contributed by atoms with van der Waals surface area (Å²) in [5.41, 5.74) is 5.05. The van der Waals surface area contributed by atoms with Crippen molar-refractivity contribution in [3.8, 4) is 0 Å². The molecule has 22 heavy (non-hydrogen) atoms. The van der Waals surface area contributed by atoms with Crippen LogP contribution in [0.2, 0.25) is 0 Å². The van der Waals surface area contributed by atoms with Gasteiger partial charge in [-0.2, -0.15) is 0 Å². The summed E-state index contributed by atoms with van der Waals surface area (Å²) < 4.78 is 31.9. The van der Waals surface area contributed by atoms with Crippen molar-refractivity contribution >= 4 is 29.2 Å². The van der Waals surface area contributed by atoms with E-state index in [0.29, 0.717) is 0 Å². The first kappa shape index (κ1) is 9.73. The largest absolute Gasteiger partial charge is 0.351 e. The van der Waals surface area contributed by atoms with Crippen LogP contribution < -0.4 is 16.0 Å². The highest BCUT2D eigenvalue weighted by atomic mass is 16.2. The van der Waals surface area contributed by atoms with E-state index in [1.165, 1.54) is 12.1 Å². The second-order valence-corrected chi connectivity index (χ2v) is 4.57. The van der Waals surface area contributed by atoms with Crippen LogP contribution >= 0.6 is 0 Å². The van der Waals surface area contributed by atoms with E-state index in [0.717, 1.165) is 4.90 Å². The summed E-state index contributed by atoms with van der Waals surface area (Å²) in [5, 5.41) is 1.88. The van der Waals surface area contributed by atoms with Gasteiger partial charge < -0.3 is 5.73 Å². The molecular formula is C16H13N3O3. The maximum absolute atomic E-state index is 12.6. The molecule has 1 aliphatic rings. The molecule has 1 aliphatic heterocycles. The smallest absolute Gasteiger partial charge is 0.334 e. The molecule has 0 radical (unpaired) electrons. The van der Waals surface area contributed by atoms with Crippen LogP contribution in [0.4, 0.5) is 21.0 Å². The lowest BCUT2D eigenvalue weighted by Gasteiger charge is -2.23. The van der Waals surface area contributed by atoms with Crippen LogP contribution in [0.1, 0.15) is 21.4 Å². The van der Waals surface area contributed by atoms with Gasteiger partial charge in [-0.1, -0.05) is 30.3 Å². The predicted octanol–water partition coefficient (Wildman–Crippen LogP) is 2.35. The second-order valence-electron chi connectivity index (χ2n) is 4.57. The number of carbonyl (C=O) groups is 3. The average Bonchev–Trinajstić information content (AvgIpc) is 2.72. The molecule has 2 aromatic carbocycles. The Balaban J connectivity index is 2.39. The number of nitrogens with zero attached hydrogens (tertiary/aromatic N) is 1. The summed E-state index contributed by atoms with van der Waals surface area (Å²) in [5.74, 6) is -0.416. The third-order valence-electron chi connectivity index (χ3n) is 3.18. The summed E-state index contributed by atoms with van der Waals surface area (Å²) in [7, 11) is 0. The van der Waals surface area contributed by atoms with Gasteiger partial charge in [-0.3, -0.25) is 15.0 Å². The fraction of sp³-hybridized carbons (Fsp3) is 0.0625. The molecule has 1 heterocycles. The topological polar surface area (TPSA) is 92.5 Å². The number of benzene rings is 2. The van der Waals surface area contributed by atoms with Gasteiger partial charge in [0.05, 0.1) is 16.9 Å². The molecule has 0 aliphatic carbocycles. The second kappa shape index (κ2) is 5.33. The van der Waals surface area contributed by atoms with Crippen LogP contribution in [0, 0.1) is 0 Å². The van der Waals surface area contributed by atoms with Gasteiger partial charge >= 0.3 is 12.1 Å². The first-order chi connectivity index (χ1) is 12.2. The Morgan fingerprint density at radius 3 is 2.68 bits per heavy atom. The number of urea groups is 2. The number of fused-ring (bicyclic) bond motifs is 2. The van der Waals surface area contributed by atoms with Crippen LogP contribution in [0.15, 0.2) is 48.4 Å². The Morgan fingerprint density at radius 1 is 1.18 bits per heavy atom. The number of rotatable bonds is 0. The Morgan fingerprint density at radius 2 is 1.91 bits per heavy atom. The molecule has 110 valence electrons. The Hall–Kier alpha value is -3.15. The lowest BCUT2D eigenvalue weighted by molar-refractivity contribution is 0.0994. The molecule has 3 N–H and O–H groups in total. The number of ketones is 1. The van der Waals surface area contributed by atoms with E-state index in [9.17, 15) is 14.4 Å². The summed E-state index contributed by atoms with van der Waals surface area (Å²) in [6.07, 6.45) is -0.316. The highest BCUT2D eigenvalue weighted by Gasteiger charge is 2.29. The zero-order chi connectivity index (χ0) is 19.2. The molecule has 0 atom stereocenters. The number of carbonyl (C=O) groups excluding carboxylic acids is 3. The molecule has 0 bridgehead atoms. The first-order valence-corrected chi connectivity index (χ1v) is 6.36. The normalized spacial score (nSPS) is 15.5. The first-order valence-electron chi connectivity index (χ1n) is 8.36. The number of nitrogens with one attached hydrogen (secondary N) is 1. The zero-order valence-electron chi connectivity index (χ0n) is 15.3. The van der Waals surface area contributed by atoms with Crippen molar-refractivity contribution in [3.63, 3.8) is 0 Å². The molecule has 2 aromatic rings. The number of imide groups is 1. The maximum Gasteiger partial charge on any atom is 0.334 e. The van der Waals surface area contributed by atoms with Crippen molar-refractivity contribution in [1.82, 2.24) is 5.32 Å². The minimum absolute atomic E-state index is 0.0307. The summed E-state index contributed by atoms with van der Waals surface area (Å²) in [6, 6.07) is 1.94. The van der Waals surface area contributed by atoms with Crippen molar-refractivity contribution in [2.24, 2.45) is 5.73 Å². The van der Waals surface area contributed by atoms with E-state index in [1.54, 1.807) is 12.1 Å². The maximum atomic E-state index is 12.6. The minimum atomic E-state index is -1.13. The van der Waals surface area contributed by atoms with Crippen molar-refractivity contribution in [2.45, 2.75) is 6.42 Å². The molecule has 4 amide bonds. The van der Waals surface area contributed by atoms with Gasteiger partial charge in [0.1, 0.15) is 0 Å². The number of primary amides is 1. The highest BCUT2D eigenvalue weighted by Crippen LogP contribution is 2.35. The minimum Gasteiger partial charge on any atom is -0.351 e. The monoisotopic (exact) mass is 299 g/mol. The van der Waals surface area contributed by atoms with Crippen molar-refractivity contribution in [2.75, 3.05) is 4.90 Å². The lowest BCUT2D eigenvalue weighted by atomic mass is 10.0. The number of nitrogens with two attached hydrogens (primary N) is 1. The van der Waals surface area contributed by atoms with Gasteiger partial charge in [0.15, 0.2) is 5.78 Å². The molecule has 0 aromatic heterocycles. The van der Waals surface area contributed by atoms with E-state index in [2.05, 4.69) is 0 Å². The third-order valence-corrected chi connectivity index (χ3v) is 3.18. The molecule has 0 spiro atoms.